The van der Waals surface area contributed by atoms with Crippen molar-refractivity contribution in [3.8, 4) is 22.9 Å². The molecule has 144 valence electrons. The van der Waals surface area contributed by atoms with E-state index >= 15 is 0 Å². The second-order valence-electron chi connectivity index (χ2n) is 5.79. The molecule has 0 radical (unpaired) electrons. The van der Waals surface area contributed by atoms with Gasteiger partial charge in [-0.15, -0.1) is 0 Å². The Bertz CT molecular complexity index is 955. The van der Waals surface area contributed by atoms with Crippen molar-refractivity contribution in [2.45, 2.75) is 0 Å². The highest BCUT2D eigenvalue weighted by molar-refractivity contribution is 6.02. The van der Waals surface area contributed by atoms with E-state index in [4.69, 9.17) is 14.2 Å². The Morgan fingerprint density at radius 1 is 1.04 bits per heavy atom. The Morgan fingerprint density at radius 2 is 1.71 bits per heavy atom. The number of hydrogen-bond acceptors (Lipinski definition) is 5. The average molecular weight is 379 g/mol. The van der Waals surface area contributed by atoms with E-state index in [2.05, 4.69) is 10.4 Å². The largest absolute Gasteiger partial charge is 0.493 e. The lowest BCUT2D eigenvalue weighted by atomic mass is 10.2. The highest BCUT2D eigenvalue weighted by atomic mass is 16.5. The lowest BCUT2D eigenvalue weighted by Crippen LogP contribution is -2.08. The van der Waals surface area contributed by atoms with Gasteiger partial charge in [-0.3, -0.25) is 4.79 Å². The number of carbonyl (C=O) groups is 1. The smallest absolute Gasteiger partial charge is 0.248 e. The van der Waals surface area contributed by atoms with Crippen molar-refractivity contribution in [1.82, 2.24) is 9.78 Å². The van der Waals surface area contributed by atoms with Gasteiger partial charge in [0.25, 0.3) is 0 Å². The van der Waals surface area contributed by atoms with E-state index in [1.165, 1.54) is 27.4 Å². The summed E-state index contributed by atoms with van der Waals surface area (Å²) in [7, 11) is 4.57. The fourth-order valence-corrected chi connectivity index (χ4v) is 2.65. The second-order valence-corrected chi connectivity index (χ2v) is 5.79. The maximum Gasteiger partial charge on any atom is 0.248 e. The molecule has 0 saturated heterocycles. The minimum absolute atomic E-state index is 0.290. The normalized spacial score (nSPS) is 10.7. The molecular weight excluding hydrogens is 358 g/mol. The maximum atomic E-state index is 12.3. The number of benzene rings is 2. The quantitative estimate of drug-likeness (QED) is 0.636. The Balaban J connectivity index is 1.71. The van der Waals surface area contributed by atoms with Crippen LogP contribution in [-0.4, -0.2) is 37.0 Å². The number of nitrogens with one attached hydrogen (secondary N) is 1. The molecule has 0 aliphatic carbocycles. The monoisotopic (exact) mass is 379 g/mol. The van der Waals surface area contributed by atoms with Crippen molar-refractivity contribution in [2.75, 3.05) is 26.6 Å². The van der Waals surface area contributed by atoms with Gasteiger partial charge in [0.2, 0.25) is 11.7 Å². The van der Waals surface area contributed by atoms with Gasteiger partial charge in [-0.2, -0.15) is 5.10 Å². The van der Waals surface area contributed by atoms with Crippen LogP contribution in [0.15, 0.2) is 60.9 Å². The zero-order valence-electron chi connectivity index (χ0n) is 15.9. The van der Waals surface area contributed by atoms with Crippen molar-refractivity contribution in [3.63, 3.8) is 0 Å². The highest BCUT2D eigenvalue weighted by Gasteiger charge is 2.13. The second kappa shape index (κ2) is 8.77. The summed E-state index contributed by atoms with van der Waals surface area (Å²) >= 11 is 0. The number of amides is 1. The minimum atomic E-state index is -0.290. The summed E-state index contributed by atoms with van der Waals surface area (Å²) in [4.78, 5) is 12.3. The van der Waals surface area contributed by atoms with Crippen molar-refractivity contribution in [3.05, 3.63) is 66.5 Å². The third-order valence-electron chi connectivity index (χ3n) is 3.98. The van der Waals surface area contributed by atoms with Gasteiger partial charge in [0.1, 0.15) is 0 Å². The summed E-state index contributed by atoms with van der Waals surface area (Å²) in [5.74, 6) is 1.10. The van der Waals surface area contributed by atoms with Gasteiger partial charge < -0.3 is 19.5 Å². The fourth-order valence-electron chi connectivity index (χ4n) is 2.65. The minimum Gasteiger partial charge on any atom is -0.493 e. The van der Waals surface area contributed by atoms with Gasteiger partial charge in [0.05, 0.1) is 33.2 Å². The summed E-state index contributed by atoms with van der Waals surface area (Å²) in [6.07, 6.45) is 6.67. The van der Waals surface area contributed by atoms with Crippen LogP contribution in [0.1, 0.15) is 5.56 Å². The zero-order chi connectivity index (χ0) is 19.9. The van der Waals surface area contributed by atoms with Crippen LogP contribution in [-0.2, 0) is 4.79 Å². The Morgan fingerprint density at radius 3 is 2.32 bits per heavy atom. The number of para-hydroxylation sites is 1. The number of carbonyl (C=O) groups excluding carboxylic acids is 1. The molecule has 28 heavy (non-hydrogen) atoms. The van der Waals surface area contributed by atoms with Gasteiger partial charge in [0, 0.05) is 35.7 Å². The number of ether oxygens (including phenoxy) is 3. The van der Waals surface area contributed by atoms with Gasteiger partial charge in [-0.1, -0.05) is 18.2 Å². The molecule has 1 heterocycles. The lowest BCUT2D eigenvalue weighted by molar-refractivity contribution is -0.111. The maximum absolute atomic E-state index is 12.3. The topological polar surface area (TPSA) is 74.6 Å². The van der Waals surface area contributed by atoms with E-state index in [0.29, 0.717) is 22.9 Å². The van der Waals surface area contributed by atoms with Gasteiger partial charge in [-0.05, 0) is 18.2 Å². The van der Waals surface area contributed by atoms with E-state index in [1.54, 1.807) is 29.1 Å². The molecule has 2 aromatic carbocycles. The Labute approximate surface area is 163 Å². The van der Waals surface area contributed by atoms with Crippen molar-refractivity contribution < 1.29 is 19.0 Å². The summed E-state index contributed by atoms with van der Waals surface area (Å²) < 4.78 is 17.6. The van der Waals surface area contributed by atoms with Crippen LogP contribution in [0, 0.1) is 0 Å². The molecule has 3 aromatic rings. The van der Waals surface area contributed by atoms with E-state index in [0.717, 1.165) is 11.3 Å². The molecule has 0 aliphatic heterocycles. The van der Waals surface area contributed by atoms with Crippen LogP contribution in [0.3, 0.4) is 0 Å². The lowest BCUT2D eigenvalue weighted by Gasteiger charge is -2.14. The molecule has 0 unspecified atom stereocenters. The first kappa shape index (κ1) is 19.0. The van der Waals surface area contributed by atoms with E-state index in [-0.39, 0.29) is 5.91 Å². The molecule has 0 fully saturated rings. The van der Waals surface area contributed by atoms with Gasteiger partial charge in [-0.25, -0.2) is 4.68 Å². The number of anilines is 1. The third-order valence-corrected chi connectivity index (χ3v) is 3.98. The summed E-state index contributed by atoms with van der Waals surface area (Å²) in [6.45, 7) is 0. The summed E-state index contributed by atoms with van der Waals surface area (Å²) in [5.41, 5.74) is 2.29. The zero-order valence-corrected chi connectivity index (χ0v) is 15.9. The van der Waals surface area contributed by atoms with Crippen LogP contribution in [0.4, 0.5) is 5.69 Å². The van der Waals surface area contributed by atoms with Gasteiger partial charge >= 0.3 is 0 Å². The van der Waals surface area contributed by atoms with Crippen LogP contribution < -0.4 is 19.5 Å². The highest BCUT2D eigenvalue weighted by Crippen LogP contribution is 2.39. The first-order valence-electron chi connectivity index (χ1n) is 8.53. The van der Waals surface area contributed by atoms with E-state index in [1.807, 2.05) is 36.5 Å². The van der Waals surface area contributed by atoms with E-state index < -0.39 is 0 Å². The predicted molar refractivity (Wildman–Crippen MR) is 107 cm³/mol. The first-order valence-corrected chi connectivity index (χ1v) is 8.53. The van der Waals surface area contributed by atoms with Crippen LogP contribution in [0.5, 0.6) is 17.2 Å². The molecule has 0 spiro atoms. The predicted octanol–water partition coefficient (Wildman–Crippen LogP) is 3.55. The van der Waals surface area contributed by atoms with Gasteiger partial charge in [0.15, 0.2) is 11.5 Å². The van der Waals surface area contributed by atoms with Crippen LogP contribution in [0.25, 0.3) is 11.8 Å². The third kappa shape index (κ3) is 4.32. The van der Waals surface area contributed by atoms with Crippen molar-refractivity contribution in [1.29, 1.82) is 0 Å². The standard InChI is InChI=1S/C21H21N3O4/c1-26-18-11-16(12-19(27-2)21(18)28-3)23-20(25)10-9-15-13-22-24(14-15)17-7-5-4-6-8-17/h4-14H,1-3H3,(H,23,25)/b10-9+. The Hall–Kier alpha value is -3.74. The molecule has 0 aliphatic rings. The number of nitrogens with zero attached hydrogens (tertiary/aromatic N) is 2. The molecule has 7 nitrogen and oxygen atoms in total. The summed E-state index contributed by atoms with van der Waals surface area (Å²) in [6, 6.07) is 13.1. The van der Waals surface area contributed by atoms with Crippen molar-refractivity contribution >= 4 is 17.7 Å². The number of hydrogen-bond donors (Lipinski definition) is 1. The molecule has 3 rings (SSSR count). The van der Waals surface area contributed by atoms with E-state index in [9.17, 15) is 4.79 Å². The molecule has 1 aromatic heterocycles. The van der Waals surface area contributed by atoms with Crippen molar-refractivity contribution in [2.24, 2.45) is 0 Å². The Kier molecular flexibility index (Phi) is 5.96. The molecule has 0 bridgehead atoms. The number of methoxy groups -OCH3 is 3. The molecule has 1 amide bonds. The molecular formula is C21H21N3O4. The SMILES string of the molecule is COc1cc(NC(=O)/C=C/c2cnn(-c3ccccc3)c2)cc(OC)c1OC. The molecule has 0 atom stereocenters. The molecule has 0 saturated carbocycles. The average Bonchev–Trinajstić information content (AvgIpc) is 3.21. The van der Waals surface area contributed by atoms with Crippen LogP contribution in [0.2, 0.25) is 0 Å². The number of aromatic nitrogens is 2. The van der Waals surface area contributed by atoms with Crippen LogP contribution >= 0.6 is 0 Å². The molecule has 7 heteroatoms. The summed E-state index contributed by atoms with van der Waals surface area (Å²) in [5, 5.41) is 7.08. The first-order chi connectivity index (χ1) is 13.6. The fraction of sp³-hybridized carbons (Fsp3) is 0.143. The molecule has 1 N–H and O–H groups in total. The number of rotatable bonds is 7.